The molecule has 1 heterocycles. The minimum absolute atomic E-state index is 0.0437. The largest absolute Gasteiger partial charge is 0.507 e. The lowest BCUT2D eigenvalue weighted by molar-refractivity contribution is -0.139. The standard InChI is InChI=1S/C25H30N2O6/c1-26(2)13-6-14-27-22(17-9-12-19(32-4)20(15-17)33-5)21(24(29)25(27)30)23(28)16-7-10-18(31-3)11-8-16/h7-12,15,22,28H,6,13-14H2,1-5H3/t22-/m0/s1. The van der Waals surface area contributed by atoms with E-state index in [1.807, 2.05) is 19.0 Å². The van der Waals surface area contributed by atoms with E-state index in [0.29, 0.717) is 41.3 Å². The Morgan fingerprint density at radius 1 is 0.970 bits per heavy atom. The minimum Gasteiger partial charge on any atom is -0.507 e. The third-order valence-corrected chi connectivity index (χ3v) is 5.63. The summed E-state index contributed by atoms with van der Waals surface area (Å²) in [5.74, 6) is 0.0360. The summed E-state index contributed by atoms with van der Waals surface area (Å²) in [6.07, 6.45) is 0.673. The number of aliphatic hydroxyl groups excluding tert-OH is 1. The van der Waals surface area contributed by atoms with Crippen LogP contribution >= 0.6 is 0 Å². The van der Waals surface area contributed by atoms with E-state index in [1.54, 1.807) is 49.6 Å². The monoisotopic (exact) mass is 454 g/mol. The van der Waals surface area contributed by atoms with Gasteiger partial charge < -0.3 is 29.1 Å². The van der Waals surface area contributed by atoms with E-state index in [9.17, 15) is 14.7 Å². The summed E-state index contributed by atoms with van der Waals surface area (Å²) in [6.45, 7) is 1.11. The first kappa shape index (κ1) is 24.1. The molecule has 1 aliphatic heterocycles. The average Bonchev–Trinajstić information content (AvgIpc) is 3.08. The number of carbonyl (C=O) groups is 2. The van der Waals surface area contributed by atoms with Crippen molar-refractivity contribution in [3.8, 4) is 17.2 Å². The number of rotatable bonds is 9. The summed E-state index contributed by atoms with van der Waals surface area (Å²) >= 11 is 0. The van der Waals surface area contributed by atoms with Gasteiger partial charge in [0.25, 0.3) is 11.7 Å². The molecule has 1 atom stereocenters. The molecule has 1 aliphatic rings. The number of benzene rings is 2. The van der Waals surface area contributed by atoms with Crippen molar-refractivity contribution >= 4 is 17.4 Å². The van der Waals surface area contributed by atoms with E-state index in [-0.39, 0.29) is 11.3 Å². The fourth-order valence-corrected chi connectivity index (χ4v) is 3.94. The van der Waals surface area contributed by atoms with Crippen LogP contribution in [0.3, 0.4) is 0 Å². The van der Waals surface area contributed by atoms with Crippen LogP contribution in [0.4, 0.5) is 0 Å². The summed E-state index contributed by atoms with van der Waals surface area (Å²) in [5.41, 5.74) is 1.11. The van der Waals surface area contributed by atoms with Crippen molar-refractivity contribution in [1.82, 2.24) is 9.80 Å². The zero-order valence-corrected chi connectivity index (χ0v) is 19.6. The van der Waals surface area contributed by atoms with Crippen LogP contribution in [0.5, 0.6) is 17.2 Å². The van der Waals surface area contributed by atoms with Gasteiger partial charge in [-0.05, 0) is 69.0 Å². The van der Waals surface area contributed by atoms with E-state index < -0.39 is 17.7 Å². The minimum atomic E-state index is -0.755. The topological polar surface area (TPSA) is 88.5 Å². The third kappa shape index (κ3) is 4.96. The van der Waals surface area contributed by atoms with Crippen molar-refractivity contribution < 1.29 is 28.9 Å². The smallest absolute Gasteiger partial charge is 0.295 e. The van der Waals surface area contributed by atoms with Crippen LogP contribution < -0.4 is 14.2 Å². The molecule has 1 fully saturated rings. The number of nitrogens with zero attached hydrogens (tertiary/aromatic N) is 2. The van der Waals surface area contributed by atoms with Gasteiger partial charge in [-0.1, -0.05) is 6.07 Å². The second-order valence-corrected chi connectivity index (χ2v) is 7.99. The molecule has 0 unspecified atom stereocenters. The van der Waals surface area contributed by atoms with Crippen molar-refractivity contribution in [2.45, 2.75) is 12.5 Å². The number of hydrogen-bond donors (Lipinski definition) is 1. The van der Waals surface area contributed by atoms with Crippen molar-refractivity contribution in [2.75, 3.05) is 48.5 Å². The molecular weight excluding hydrogens is 424 g/mol. The molecule has 0 spiro atoms. The zero-order valence-electron chi connectivity index (χ0n) is 19.6. The second kappa shape index (κ2) is 10.4. The molecule has 0 saturated carbocycles. The maximum absolute atomic E-state index is 13.1. The Bertz CT molecular complexity index is 1050. The Morgan fingerprint density at radius 3 is 2.21 bits per heavy atom. The zero-order chi connectivity index (χ0) is 24.1. The van der Waals surface area contributed by atoms with Crippen LogP contribution in [0.15, 0.2) is 48.0 Å². The highest BCUT2D eigenvalue weighted by molar-refractivity contribution is 6.46. The van der Waals surface area contributed by atoms with Gasteiger partial charge in [0.2, 0.25) is 0 Å². The van der Waals surface area contributed by atoms with Crippen molar-refractivity contribution in [2.24, 2.45) is 0 Å². The lowest BCUT2D eigenvalue weighted by Crippen LogP contribution is -2.32. The normalized spacial score (nSPS) is 17.5. The van der Waals surface area contributed by atoms with Gasteiger partial charge >= 0.3 is 0 Å². The maximum Gasteiger partial charge on any atom is 0.295 e. The fourth-order valence-electron chi connectivity index (χ4n) is 3.94. The number of aliphatic hydroxyl groups is 1. The van der Waals surface area contributed by atoms with Gasteiger partial charge in [-0.2, -0.15) is 0 Å². The highest BCUT2D eigenvalue weighted by Crippen LogP contribution is 2.42. The van der Waals surface area contributed by atoms with Gasteiger partial charge in [0.15, 0.2) is 11.5 Å². The number of ketones is 1. The van der Waals surface area contributed by atoms with Crippen LogP contribution in [-0.4, -0.2) is 75.1 Å². The lowest BCUT2D eigenvalue weighted by Gasteiger charge is -2.26. The van der Waals surface area contributed by atoms with Gasteiger partial charge in [0.1, 0.15) is 11.5 Å². The maximum atomic E-state index is 13.1. The SMILES string of the molecule is COc1ccc(C(O)=C2C(=O)C(=O)N(CCCN(C)C)[C@H]2c2ccc(OC)c(OC)c2)cc1. The second-order valence-electron chi connectivity index (χ2n) is 7.99. The Morgan fingerprint density at radius 2 is 1.64 bits per heavy atom. The molecule has 0 radical (unpaired) electrons. The van der Waals surface area contributed by atoms with Crippen LogP contribution in [0.25, 0.3) is 5.76 Å². The van der Waals surface area contributed by atoms with Gasteiger partial charge in [0, 0.05) is 12.1 Å². The highest BCUT2D eigenvalue weighted by atomic mass is 16.5. The number of hydrogen-bond acceptors (Lipinski definition) is 7. The molecule has 2 aromatic carbocycles. The van der Waals surface area contributed by atoms with E-state index in [2.05, 4.69) is 0 Å². The number of ether oxygens (including phenoxy) is 3. The van der Waals surface area contributed by atoms with E-state index >= 15 is 0 Å². The number of amides is 1. The average molecular weight is 455 g/mol. The summed E-state index contributed by atoms with van der Waals surface area (Å²) in [6, 6.07) is 11.2. The fraction of sp³-hybridized carbons (Fsp3) is 0.360. The van der Waals surface area contributed by atoms with Gasteiger partial charge in [-0.25, -0.2) is 0 Å². The number of likely N-dealkylation sites (tertiary alicyclic amines) is 1. The molecule has 0 aliphatic carbocycles. The first-order chi connectivity index (χ1) is 15.8. The molecule has 1 amide bonds. The predicted octanol–water partition coefficient (Wildman–Crippen LogP) is 3.09. The van der Waals surface area contributed by atoms with Gasteiger partial charge in [0.05, 0.1) is 32.9 Å². The first-order valence-electron chi connectivity index (χ1n) is 10.6. The summed E-state index contributed by atoms with van der Waals surface area (Å²) < 4.78 is 15.9. The molecule has 176 valence electrons. The Balaban J connectivity index is 2.12. The van der Waals surface area contributed by atoms with E-state index in [4.69, 9.17) is 14.2 Å². The molecule has 8 nitrogen and oxygen atoms in total. The molecule has 1 N–H and O–H groups in total. The van der Waals surface area contributed by atoms with Crippen molar-refractivity contribution in [3.05, 3.63) is 59.2 Å². The number of carbonyl (C=O) groups excluding carboxylic acids is 2. The van der Waals surface area contributed by atoms with E-state index in [1.165, 1.54) is 19.1 Å². The Hall–Kier alpha value is -3.52. The number of methoxy groups -OCH3 is 3. The molecule has 3 rings (SSSR count). The molecule has 33 heavy (non-hydrogen) atoms. The summed E-state index contributed by atoms with van der Waals surface area (Å²) in [7, 11) is 8.50. The third-order valence-electron chi connectivity index (χ3n) is 5.63. The first-order valence-corrected chi connectivity index (χ1v) is 10.6. The van der Waals surface area contributed by atoms with Crippen LogP contribution in [-0.2, 0) is 9.59 Å². The highest BCUT2D eigenvalue weighted by Gasteiger charge is 2.46. The quantitative estimate of drug-likeness (QED) is 0.354. The molecule has 2 aromatic rings. The van der Waals surface area contributed by atoms with Crippen LogP contribution in [0.1, 0.15) is 23.6 Å². The van der Waals surface area contributed by atoms with Gasteiger partial charge in [-0.3, -0.25) is 9.59 Å². The summed E-state index contributed by atoms with van der Waals surface area (Å²) in [5, 5.41) is 11.1. The lowest BCUT2D eigenvalue weighted by atomic mass is 9.95. The van der Waals surface area contributed by atoms with E-state index in [0.717, 1.165) is 6.54 Å². The molecule has 8 heteroatoms. The van der Waals surface area contributed by atoms with Crippen molar-refractivity contribution in [1.29, 1.82) is 0 Å². The van der Waals surface area contributed by atoms with Crippen LogP contribution in [0, 0.1) is 0 Å². The Labute approximate surface area is 194 Å². The number of Topliss-reactive ketones (excluding diaryl/α,β-unsaturated/α-hetero) is 1. The molecule has 0 aromatic heterocycles. The van der Waals surface area contributed by atoms with Gasteiger partial charge in [-0.15, -0.1) is 0 Å². The van der Waals surface area contributed by atoms with Crippen LogP contribution in [0.2, 0.25) is 0 Å². The Kier molecular flexibility index (Phi) is 7.60. The predicted molar refractivity (Wildman–Crippen MR) is 125 cm³/mol. The van der Waals surface area contributed by atoms with Crippen molar-refractivity contribution in [3.63, 3.8) is 0 Å². The summed E-state index contributed by atoms with van der Waals surface area (Å²) in [4.78, 5) is 29.7. The molecular formula is C25H30N2O6. The molecule has 1 saturated heterocycles. The molecule has 0 bridgehead atoms.